The molecule has 1 rings (SSSR count). The lowest BCUT2D eigenvalue weighted by atomic mass is 10.3. The van der Waals surface area contributed by atoms with Gasteiger partial charge in [-0.25, -0.2) is 0 Å². The van der Waals surface area contributed by atoms with E-state index < -0.39 is 4.92 Å². The van der Waals surface area contributed by atoms with Crippen molar-refractivity contribution < 1.29 is 4.92 Å². The fourth-order valence-electron chi connectivity index (χ4n) is 1.00. The number of halogens is 2. The average molecular weight is 235 g/mol. The van der Waals surface area contributed by atoms with E-state index in [0.29, 0.717) is 17.3 Å². The molecule has 0 bridgehead atoms. The normalized spacial score (nSPS) is 9.93. The fourth-order valence-corrected chi connectivity index (χ4v) is 1.46. The van der Waals surface area contributed by atoms with Crippen LogP contribution < -0.4 is 5.32 Å². The van der Waals surface area contributed by atoms with E-state index in [1.807, 2.05) is 6.92 Å². The van der Waals surface area contributed by atoms with Crippen LogP contribution in [0.4, 0.5) is 11.4 Å². The van der Waals surface area contributed by atoms with Crippen LogP contribution in [0.15, 0.2) is 12.1 Å². The zero-order valence-electron chi connectivity index (χ0n) is 7.38. The summed E-state index contributed by atoms with van der Waals surface area (Å²) in [5.41, 5.74) is 0.420. The van der Waals surface area contributed by atoms with E-state index in [-0.39, 0.29) is 10.7 Å². The first-order chi connectivity index (χ1) is 6.56. The minimum absolute atomic E-state index is 0.0790. The molecule has 0 atom stereocenters. The zero-order valence-corrected chi connectivity index (χ0v) is 8.89. The molecule has 0 aliphatic heterocycles. The molecule has 0 fully saturated rings. The van der Waals surface area contributed by atoms with Crippen LogP contribution in [0.5, 0.6) is 0 Å². The Morgan fingerprint density at radius 2 is 2.07 bits per heavy atom. The summed E-state index contributed by atoms with van der Waals surface area (Å²) in [4.78, 5) is 9.92. The molecular formula is C8H8Cl2N2O2. The second-order valence-corrected chi connectivity index (χ2v) is 3.39. The van der Waals surface area contributed by atoms with Crippen LogP contribution in [0, 0.1) is 10.1 Å². The van der Waals surface area contributed by atoms with Crippen molar-refractivity contribution in [2.75, 3.05) is 11.9 Å². The zero-order chi connectivity index (χ0) is 10.7. The van der Waals surface area contributed by atoms with Gasteiger partial charge in [0.05, 0.1) is 15.6 Å². The Morgan fingerprint density at radius 3 is 2.57 bits per heavy atom. The second-order valence-electron chi connectivity index (χ2n) is 2.57. The highest BCUT2D eigenvalue weighted by Crippen LogP contribution is 2.33. The SMILES string of the molecule is CCNc1cc(Cl)c([N+](=O)[O-])cc1Cl. The molecule has 14 heavy (non-hydrogen) atoms. The van der Waals surface area contributed by atoms with E-state index in [1.54, 1.807) is 0 Å². The maximum Gasteiger partial charge on any atom is 0.289 e. The number of nitrogens with zero attached hydrogens (tertiary/aromatic N) is 1. The van der Waals surface area contributed by atoms with Crippen molar-refractivity contribution in [1.82, 2.24) is 0 Å². The van der Waals surface area contributed by atoms with Gasteiger partial charge in [-0.15, -0.1) is 0 Å². The van der Waals surface area contributed by atoms with Crippen LogP contribution in [-0.4, -0.2) is 11.5 Å². The minimum Gasteiger partial charge on any atom is -0.384 e. The Kier molecular flexibility index (Phi) is 3.55. The third-order valence-corrected chi connectivity index (χ3v) is 2.22. The van der Waals surface area contributed by atoms with Gasteiger partial charge in [0.25, 0.3) is 5.69 Å². The number of anilines is 1. The first-order valence-corrected chi connectivity index (χ1v) is 4.69. The molecule has 0 amide bonds. The van der Waals surface area contributed by atoms with E-state index in [1.165, 1.54) is 12.1 Å². The smallest absolute Gasteiger partial charge is 0.289 e. The number of nitrogens with one attached hydrogen (secondary N) is 1. The average Bonchev–Trinajstić information content (AvgIpc) is 2.10. The van der Waals surface area contributed by atoms with Crippen molar-refractivity contribution in [3.63, 3.8) is 0 Å². The molecule has 0 aliphatic rings. The van der Waals surface area contributed by atoms with Crippen molar-refractivity contribution in [3.05, 3.63) is 32.3 Å². The van der Waals surface area contributed by atoms with E-state index in [2.05, 4.69) is 5.32 Å². The molecule has 0 saturated carbocycles. The van der Waals surface area contributed by atoms with Crippen molar-refractivity contribution in [2.24, 2.45) is 0 Å². The Bertz CT molecular complexity index is 369. The highest BCUT2D eigenvalue weighted by molar-refractivity contribution is 6.36. The van der Waals surface area contributed by atoms with E-state index in [0.717, 1.165) is 0 Å². The van der Waals surface area contributed by atoms with Gasteiger partial charge in [0.15, 0.2) is 0 Å². The van der Waals surface area contributed by atoms with Crippen LogP contribution in [-0.2, 0) is 0 Å². The first-order valence-electron chi connectivity index (χ1n) is 3.93. The Labute approximate surface area is 91.0 Å². The number of nitro benzene ring substituents is 1. The molecule has 0 unspecified atom stereocenters. The second kappa shape index (κ2) is 4.48. The fraction of sp³-hybridized carbons (Fsp3) is 0.250. The number of rotatable bonds is 3. The molecule has 0 aromatic heterocycles. The van der Waals surface area contributed by atoms with E-state index in [9.17, 15) is 10.1 Å². The van der Waals surface area contributed by atoms with Crippen molar-refractivity contribution >= 4 is 34.6 Å². The van der Waals surface area contributed by atoms with Gasteiger partial charge < -0.3 is 5.32 Å². The van der Waals surface area contributed by atoms with E-state index in [4.69, 9.17) is 23.2 Å². The summed E-state index contributed by atoms with van der Waals surface area (Å²) in [6.45, 7) is 2.57. The largest absolute Gasteiger partial charge is 0.384 e. The van der Waals surface area contributed by atoms with Gasteiger partial charge in [-0.1, -0.05) is 23.2 Å². The first kappa shape index (κ1) is 11.1. The highest BCUT2D eigenvalue weighted by Gasteiger charge is 2.15. The van der Waals surface area contributed by atoms with E-state index >= 15 is 0 Å². The van der Waals surface area contributed by atoms with Gasteiger partial charge in [-0.3, -0.25) is 10.1 Å². The molecule has 0 radical (unpaired) electrons. The van der Waals surface area contributed by atoms with Gasteiger partial charge in [0.1, 0.15) is 5.02 Å². The molecule has 0 heterocycles. The Balaban J connectivity index is 3.17. The van der Waals surface area contributed by atoms with Gasteiger partial charge in [0, 0.05) is 12.6 Å². The lowest BCUT2D eigenvalue weighted by Crippen LogP contribution is -1.98. The number of benzene rings is 1. The number of nitro groups is 1. The lowest BCUT2D eigenvalue weighted by Gasteiger charge is -2.06. The van der Waals surface area contributed by atoms with Gasteiger partial charge >= 0.3 is 0 Å². The van der Waals surface area contributed by atoms with Gasteiger partial charge in [-0.2, -0.15) is 0 Å². The topological polar surface area (TPSA) is 55.2 Å². The summed E-state index contributed by atoms with van der Waals surface area (Å²) in [5, 5.41) is 13.8. The predicted molar refractivity (Wildman–Crippen MR) is 57.3 cm³/mol. The van der Waals surface area contributed by atoms with Crippen LogP contribution in [0.25, 0.3) is 0 Å². The summed E-state index contributed by atoms with van der Waals surface area (Å²) in [6, 6.07) is 2.69. The lowest BCUT2D eigenvalue weighted by molar-refractivity contribution is -0.384. The number of hydrogen-bond donors (Lipinski definition) is 1. The maximum atomic E-state index is 10.5. The van der Waals surface area contributed by atoms with Crippen LogP contribution in [0.1, 0.15) is 6.92 Å². The Hall–Kier alpha value is -1.00. The molecule has 0 aliphatic carbocycles. The highest BCUT2D eigenvalue weighted by atomic mass is 35.5. The van der Waals surface area contributed by atoms with Gasteiger partial charge in [0.2, 0.25) is 0 Å². The summed E-state index contributed by atoms with van der Waals surface area (Å²) < 4.78 is 0. The Morgan fingerprint density at radius 1 is 1.43 bits per heavy atom. The molecule has 6 heteroatoms. The maximum absolute atomic E-state index is 10.5. The summed E-state index contributed by atoms with van der Waals surface area (Å²) in [5.74, 6) is 0. The molecule has 1 N–H and O–H groups in total. The number of hydrogen-bond acceptors (Lipinski definition) is 3. The van der Waals surface area contributed by atoms with Crippen LogP contribution in [0.3, 0.4) is 0 Å². The molecule has 0 spiro atoms. The van der Waals surface area contributed by atoms with Crippen molar-refractivity contribution in [3.8, 4) is 0 Å². The summed E-state index contributed by atoms with van der Waals surface area (Å²) in [7, 11) is 0. The standard InChI is InChI=1S/C8H8Cl2N2O2/c1-2-11-7-3-6(10)8(12(13)14)4-5(7)9/h3-4,11H,2H2,1H3. The third kappa shape index (κ3) is 2.27. The monoisotopic (exact) mass is 234 g/mol. The van der Waals surface area contributed by atoms with Crippen LogP contribution in [0.2, 0.25) is 10.0 Å². The minimum atomic E-state index is -0.566. The molecule has 4 nitrogen and oxygen atoms in total. The van der Waals surface area contributed by atoms with Crippen LogP contribution >= 0.6 is 23.2 Å². The molecule has 76 valence electrons. The quantitative estimate of drug-likeness (QED) is 0.645. The molecule has 0 saturated heterocycles. The summed E-state index contributed by atoms with van der Waals surface area (Å²) in [6.07, 6.45) is 0. The summed E-state index contributed by atoms with van der Waals surface area (Å²) >= 11 is 11.5. The van der Waals surface area contributed by atoms with Crippen molar-refractivity contribution in [1.29, 1.82) is 0 Å². The molecular weight excluding hydrogens is 227 g/mol. The molecule has 1 aromatic rings. The molecule has 1 aromatic carbocycles. The van der Waals surface area contributed by atoms with Crippen molar-refractivity contribution in [2.45, 2.75) is 6.92 Å². The van der Waals surface area contributed by atoms with Gasteiger partial charge in [-0.05, 0) is 13.0 Å². The third-order valence-electron chi connectivity index (χ3n) is 1.60. The predicted octanol–water partition coefficient (Wildman–Crippen LogP) is 3.33.